The first kappa shape index (κ1) is 21.7. The van der Waals surface area contributed by atoms with Crippen molar-refractivity contribution in [2.75, 3.05) is 19.6 Å². The Kier molecular flexibility index (Phi) is 8.65. The predicted octanol–water partition coefficient (Wildman–Crippen LogP) is 3.31. The number of halogens is 2. The number of nitrogens with zero attached hydrogens (tertiary/aromatic N) is 2. The molecular formula is C17H23Cl2N3O2S. The van der Waals surface area contributed by atoms with E-state index in [1.54, 1.807) is 11.3 Å². The van der Waals surface area contributed by atoms with Crippen LogP contribution in [0.25, 0.3) is 0 Å². The van der Waals surface area contributed by atoms with Crippen LogP contribution in [0.2, 0.25) is 0 Å². The summed E-state index contributed by atoms with van der Waals surface area (Å²) in [6.07, 6.45) is 0. The molecule has 138 valence electrons. The maximum atomic E-state index is 12.7. The number of aryl methyl sites for hydroxylation is 1. The number of piperazine rings is 1. The largest absolute Gasteiger partial charge is 0.487 e. The normalized spacial score (nSPS) is 16.6. The first-order valence-corrected chi connectivity index (χ1v) is 8.67. The van der Waals surface area contributed by atoms with Crippen molar-refractivity contribution in [2.45, 2.75) is 26.5 Å². The molecule has 1 aliphatic rings. The maximum absolute atomic E-state index is 12.7. The third-order valence-corrected chi connectivity index (χ3v) is 4.72. The van der Waals surface area contributed by atoms with Gasteiger partial charge in [0.05, 0.1) is 10.7 Å². The minimum absolute atomic E-state index is 0. The first-order valence-electron chi connectivity index (χ1n) is 7.79. The predicted molar refractivity (Wildman–Crippen MR) is 105 cm³/mol. The summed E-state index contributed by atoms with van der Waals surface area (Å²) >= 11 is 1.61. The van der Waals surface area contributed by atoms with Gasteiger partial charge in [0.15, 0.2) is 0 Å². The Morgan fingerprint density at radius 3 is 2.92 bits per heavy atom. The number of ether oxygens (including phenoxy) is 1. The summed E-state index contributed by atoms with van der Waals surface area (Å²) < 4.78 is 5.77. The molecule has 3 rings (SSSR count). The zero-order valence-electron chi connectivity index (χ0n) is 14.2. The van der Waals surface area contributed by atoms with Crippen LogP contribution in [0.15, 0.2) is 29.6 Å². The molecule has 1 atom stereocenters. The molecule has 1 amide bonds. The van der Waals surface area contributed by atoms with Crippen molar-refractivity contribution < 1.29 is 9.53 Å². The van der Waals surface area contributed by atoms with Crippen molar-refractivity contribution in [3.63, 3.8) is 0 Å². The third kappa shape index (κ3) is 5.57. The van der Waals surface area contributed by atoms with Gasteiger partial charge in [0.2, 0.25) is 0 Å². The van der Waals surface area contributed by atoms with E-state index in [1.165, 1.54) is 0 Å². The average Bonchev–Trinajstić information content (AvgIpc) is 2.98. The van der Waals surface area contributed by atoms with Crippen LogP contribution in [0, 0.1) is 6.92 Å². The molecule has 1 N–H and O–H groups in total. The number of carbonyl (C=O) groups is 1. The number of aromatic nitrogens is 1. The quantitative estimate of drug-likeness (QED) is 0.850. The standard InChI is InChI=1S/C17H21N3O2S.2ClH/c1-12-9-18-6-7-20(12)17(21)14-4-3-5-16(8-14)22-10-15-11-23-13(2)19-15;;/h3-5,8,11-12,18H,6-7,9-10H2,1-2H3;2*1H/t12-;;/m1../s1. The lowest BCUT2D eigenvalue weighted by Gasteiger charge is -2.34. The molecule has 1 saturated heterocycles. The van der Waals surface area contributed by atoms with Gasteiger partial charge >= 0.3 is 0 Å². The fraction of sp³-hybridized carbons (Fsp3) is 0.412. The molecule has 1 aliphatic heterocycles. The molecule has 0 radical (unpaired) electrons. The van der Waals surface area contributed by atoms with Crippen LogP contribution in [-0.2, 0) is 6.61 Å². The van der Waals surface area contributed by atoms with Gasteiger partial charge in [-0.3, -0.25) is 4.79 Å². The van der Waals surface area contributed by atoms with Crippen molar-refractivity contribution in [3.8, 4) is 5.75 Å². The minimum Gasteiger partial charge on any atom is -0.487 e. The smallest absolute Gasteiger partial charge is 0.254 e. The van der Waals surface area contributed by atoms with E-state index >= 15 is 0 Å². The van der Waals surface area contributed by atoms with Crippen LogP contribution >= 0.6 is 36.2 Å². The second kappa shape index (κ2) is 9.97. The molecule has 1 aromatic heterocycles. The van der Waals surface area contributed by atoms with Gasteiger partial charge in [-0.15, -0.1) is 36.2 Å². The maximum Gasteiger partial charge on any atom is 0.254 e. The highest BCUT2D eigenvalue weighted by molar-refractivity contribution is 7.09. The van der Waals surface area contributed by atoms with Crippen LogP contribution in [0.4, 0.5) is 0 Å². The minimum atomic E-state index is 0. The Balaban J connectivity index is 0.00000156. The molecule has 0 spiro atoms. The Morgan fingerprint density at radius 2 is 2.24 bits per heavy atom. The summed E-state index contributed by atoms with van der Waals surface area (Å²) in [5.41, 5.74) is 1.59. The summed E-state index contributed by atoms with van der Waals surface area (Å²) in [4.78, 5) is 19.0. The number of rotatable bonds is 4. The molecule has 0 bridgehead atoms. The van der Waals surface area contributed by atoms with Crippen LogP contribution < -0.4 is 10.1 Å². The zero-order valence-corrected chi connectivity index (χ0v) is 16.7. The fourth-order valence-electron chi connectivity index (χ4n) is 2.66. The average molecular weight is 404 g/mol. The molecule has 1 fully saturated rings. The number of carbonyl (C=O) groups excluding carboxylic acids is 1. The summed E-state index contributed by atoms with van der Waals surface area (Å²) in [7, 11) is 0. The molecular weight excluding hydrogens is 381 g/mol. The van der Waals surface area contributed by atoms with E-state index in [9.17, 15) is 4.79 Å². The van der Waals surface area contributed by atoms with Crippen LogP contribution in [-0.4, -0.2) is 41.5 Å². The highest BCUT2D eigenvalue weighted by Gasteiger charge is 2.24. The number of thiazole rings is 1. The van der Waals surface area contributed by atoms with Crippen LogP contribution in [0.3, 0.4) is 0 Å². The molecule has 1 aromatic carbocycles. The van der Waals surface area contributed by atoms with Crippen LogP contribution in [0.5, 0.6) is 5.75 Å². The molecule has 8 heteroatoms. The molecule has 2 heterocycles. The fourth-order valence-corrected chi connectivity index (χ4v) is 3.26. The highest BCUT2D eigenvalue weighted by Crippen LogP contribution is 2.18. The molecule has 0 unspecified atom stereocenters. The van der Waals surface area contributed by atoms with Gasteiger partial charge in [-0.2, -0.15) is 0 Å². The van der Waals surface area contributed by atoms with Crippen molar-refractivity contribution in [2.24, 2.45) is 0 Å². The second-order valence-electron chi connectivity index (χ2n) is 5.73. The Bertz CT molecular complexity index is 696. The topological polar surface area (TPSA) is 54.5 Å². The number of hydrogen-bond donors (Lipinski definition) is 1. The summed E-state index contributed by atoms with van der Waals surface area (Å²) in [5.74, 6) is 0.762. The van der Waals surface area contributed by atoms with Gasteiger partial charge < -0.3 is 15.0 Å². The first-order chi connectivity index (χ1) is 11.1. The van der Waals surface area contributed by atoms with E-state index in [4.69, 9.17) is 4.74 Å². The lowest BCUT2D eigenvalue weighted by molar-refractivity contribution is 0.0655. The number of hydrogen-bond acceptors (Lipinski definition) is 5. The summed E-state index contributed by atoms with van der Waals surface area (Å²) in [6, 6.07) is 7.60. The van der Waals surface area contributed by atoms with Gasteiger partial charge in [-0.1, -0.05) is 6.07 Å². The van der Waals surface area contributed by atoms with E-state index in [0.29, 0.717) is 17.9 Å². The molecule has 5 nitrogen and oxygen atoms in total. The van der Waals surface area contributed by atoms with Crippen molar-refractivity contribution in [1.29, 1.82) is 0 Å². The van der Waals surface area contributed by atoms with Gasteiger partial charge in [0.1, 0.15) is 12.4 Å². The van der Waals surface area contributed by atoms with Crippen molar-refractivity contribution >= 4 is 42.1 Å². The summed E-state index contributed by atoms with van der Waals surface area (Å²) in [6.45, 7) is 6.88. The van der Waals surface area contributed by atoms with E-state index in [1.807, 2.05) is 41.5 Å². The SMILES string of the molecule is Cc1nc(COc2cccc(C(=O)N3CCNC[C@H]3C)c2)cs1.Cl.Cl. The Labute approximate surface area is 164 Å². The molecule has 0 saturated carbocycles. The molecule has 0 aliphatic carbocycles. The van der Waals surface area contributed by atoms with E-state index in [2.05, 4.69) is 17.2 Å². The monoisotopic (exact) mass is 403 g/mol. The number of nitrogens with one attached hydrogen (secondary N) is 1. The van der Waals surface area contributed by atoms with E-state index < -0.39 is 0 Å². The van der Waals surface area contributed by atoms with Gasteiger partial charge in [-0.25, -0.2) is 4.98 Å². The molecule has 2 aromatic rings. The van der Waals surface area contributed by atoms with Gasteiger partial charge in [0.25, 0.3) is 5.91 Å². The number of amides is 1. The Hall–Kier alpha value is -1.34. The van der Waals surface area contributed by atoms with Gasteiger partial charge in [0, 0.05) is 36.6 Å². The number of benzene rings is 1. The lowest BCUT2D eigenvalue weighted by atomic mass is 10.1. The van der Waals surface area contributed by atoms with Crippen LogP contribution in [0.1, 0.15) is 28.0 Å². The Morgan fingerprint density at radius 1 is 1.44 bits per heavy atom. The van der Waals surface area contributed by atoms with E-state index in [-0.39, 0.29) is 36.8 Å². The summed E-state index contributed by atoms with van der Waals surface area (Å²) in [5, 5.41) is 6.32. The zero-order chi connectivity index (χ0) is 16.2. The highest BCUT2D eigenvalue weighted by atomic mass is 35.5. The second-order valence-corrected chi connectivity index (χ2v) is 6.79. The lowest BCUT2D eigenvalue weighted by Crippen LogP contribution is -2.52. The van der Waals surface area contributed by atoms with E-state index in [0.717, 1.165) is 30.3 Å². The van der Waals surface area contributed by atoms with Crippen molar-refractivity contribution in [3.05, 3.63) is 45.9 Å². The third-order valence-electron chi connectivity index (χ3n) is 3.90. The van der Waals surface area contributed by atoms with Gasteiger partial charge in [-0.05, 0) is 32.0 Å². The van der Waals surface area contributed by atoms with Crippen molar-refractivity contribution in [1.82, 2.24) is 15.2 Å². The molecule has 25 heavy (non-hydrogen) atoms.